The minimum absolute atomic E-state index is 0.0399. The molecule has 13 heteroatoms. The first-order chi connectivity index (χ1) is 35.7. The lowest BCUT2D eigenvalue weighted by Crippen LogP contribution is -2.44. The number of unbranched alkanes of at least 4 members (excludes halogenated alkanes) is 2. The molecule has 0 heterocycles. The van der Waals surface area contributed by atoms with Crippen LogP contribution in [0.5, 0.6) is 5.75 Å². The quantitative estimate of drug-likeness (QED) is 0.0281. The number of rotatable bonds is 31. The number of carbonyl (C=O) groups excluding carboxylic acids is 5. The molecule has 3 aromatic carbocycles. The van der Waals surface area contributed by atoms with E-state index in [0.29, 0.717) is 54.0 Å². The van der Waals surface area contributed by atoms with Crippen LogP contribution in [0.2, 0.25) is 0 Å². The zero-order valence-electron chi connectivity index (χ0n) is 45.3. The maximum atomic E-state index is 16.2. The number of ether oxygens (including phenoxy) is 6. The third kappa shape index (κ3) is 18.6. The topological polar surface area (TPSA) is 161 Å². The van der Waals surface area contributed by atoms with E-state index in [1.807, 2.05) is 43.3 Å². The molecule has 3 aromatic rings. The fourth-order valence-corrected chi connectivity index (χ4v) is 8.93. The molecule has 12 nitrogen and oxygen atoms in total. The third-order valence-corrected chi connectivity index (χ3v) is 13.4. The highest BCUT2D eigenvalue weighted by atomic mass is 19.1. The van der Waals surface area contributed by atoms with Gasteiger partial charge in [-0.1, -0.05) is 103 Å². The van der Waals surface area contributed by atoms with Crippen molar-refractivity contribution in [3.05, 3.63) is 137 Å². The summed E-state index contributed by atoms with van der Waals surface area (Å²) in [5.41, 5.74) is 5.21. The van der Waals surface area contributed by atoms with Gasteiger partial charge in [-0.25, -0.2) is 28.4 Å². The molecule has 1 N–H and O–H groups in total. The van der Waals surface area contributed by atoms with E-state index in [4.69, 9.17) is 28.4 Å². The molecule has 0 unspecified atom stereocenters. The molecule has 0 aromatic heterocycles. The first-order valence-electron chi connectivity index (χ1n) is 26.2. The molecule has 1 aliphatic carbocycles. The van der Waals surface area contributed by atoms with Gasteiger partial charge >= 0.3 is 29.8 Å². The number of hydrogen-bond donors (Lipinski definition) is 1. The third-order valence-electron chi connectivity index (χ3n) is 13.4. The Balaban J connectivity index is 1.84. The van der Waals surface area contributed by atoms with Gasteiger partial charge in [0.2, 0.25) is 0 Å². The fourth-order valence-electron chi connectivity index (χ4n) is 8.93. The highest BCUT2D eigenvalue weighted by Gasteiger charge is 2.38. The van der Waals surface area contributed by atoms with Crippen LogP contribution < -0.4 is 4.74 Å². The van der Waals surface area contributed by atoms with Crippen molar-refractivity contribution in [2.45, 2.75) is 131 Å². The van der Waals surface area contributed by atoms with E-state index in [1.165, 1.54) is 59.3 Å². The van der Waals surface area contributed by atoms with Crippen LogP contribution in [0.25, 0.3) is 22.3 Å². The number of aliphatic hydroxyl groups is 1. The number of benzene rings is 3. The number of hydrogen-bond acceptors (Lipinski definition) is 12. The lowest BCUT2D eigenvalue weighted by molar-refractivity contribution is -0.159. The molecule has 406 valence electrons. The maximum Gasteiger partial charge on any atom is 0.335 e. The lowest BCUT2D eigenvalue weighted by atomic mass is 9.77. The zero-order valence-corrected chi connectivity index (χ0v) is 45.3. The molecule has 1 saturated carbocycles. The minimum atomic E-state index is -1.50. The Labute approximate surface area is 444 Å². The van der Waals surface area contributed by atoms with Crippen LogP contribution in [-0.4, -0.2) is 81.2 Å². The zero-order chi connectivity index (χ0) is 55.2. The highest BCUT2D eigenvalue weighted by molar-refractivity contribution is 5.89. The summed E-state index contributed by atoms with van der Waals surface area (Å²) < 4.78 is 50.9. The van der Waals surface area contributed by atoms with Gasteiger partial charge in [0.25, 0.3) is 0 Å². The monoisotopic (exact) mass is 1030 g/mol. The van der Waals surface area contributed by atoms with Crippen molar-refractivity contribution in [3.63, 3.8) is 0 Å². The summed E-state index contributed by atoms with van der Waals surface area (Å²) in [5.74, 6) is -2.29. The normalized spacial score (nSPS) is 14.2. The molecule has 0 atom stereocenters. The van der Waals surface area contributed by atoms with Crippen LogP contribution >= 0.6 is 0 Å². The van der Waals surface area contributed by atoms with Crippen LogP contribution in [0.15, 0.2) is 109 Å². The van der Waals surface area contributed by atoms with Crippen LogP contribution in [0.1, 0.15) is 134 Å². The summed E-state index contributed by atoms with van der Waals surface area (Å²) in [6, 6.07) is 15.5. The molecule has 0 spiro atoms. The average molecular weight is 1040 g/mol. The van der Waals surface area contributed by atoms with Gasteiger partial charge in [-0.3, -0.25) is 0 Å². The summed E-state index contributed by atoms with van der Waals surface area (Å²) >= 11 is 0. The summed E-state index contributed by atoms with van der Waals surface area (Å²) in [6.07, 6.45) is 11.4. The van der Waals surface area contributed by atoms with Gasteiger partial charge in [0.15, 0.2) is 0 Å². The molecule has 0 saturated heterocycles. The minimum Gasteiger partial charge on any atom is -0.492 e. The van der Waals surface area contributed by atoms with Gasteiger partial charge in [-0.15, -0.1) is 0 Å². The van der Waals surface area contributed by atoms with Crippen molar-refractivity contribution < 1.29 is 61.9 Å². The first kappa shape index (κ1) is 61.0. The summed E-state index contributed by atoms with van der Waals surface area (Å²) in [4.78, 5) is 63.6. The summed E-state index contributed by atoms with van der Waals surface area (Å²) in [7, 11) is 0. The SMILES string of the molecule is C=C(C)C(=O)OCCCc1cc(-c2ccc(-c3ccc(C4CCC(CCCCC)CC4)cc3F)cc2CC)cc(CCCOC(=O)C(=C)CO)c1OCC(COC(=O)C(=C)C)(COC(=O)C(=C)C)COC(=O)C(=C)C. The van der Waals surface area contributed by atoms with Gasteiger partial charge in [0, 0.05) is 27.9 Å². The second-order valence-corrected chi connectivity index (χ2v) is 20.2. The van der Waals surface area contributed by atoms with Crippen molar-refractivity contribution in [1.29, 1.82) is 0 Å². The van der Waals surface area contributed by atoms with Crippen molar-refractivity contribution >= 4 is 29.8 Å². The predicted molar refractivity (Wildman–Crippen MR) is 290 cm³/mol. The van der Waals surface area contributed by atoms with Crippen LogP contribution in [0.4, 0.5) is 4.39 Å². The number of carbonyl (C=O) groups is 5. The Morgan fingerprint density at radius 3 is 1.56 bits per heavy atom. The van der Waals surface area contributed by atoms with Crippen molar-refractivity contribution in [2.24, 2.45) is 11.3 Å². The van der Waals surface area contributed by atoms with Gasteiger partial charge in [0.05, 0.1) is 25.4 Å². The Hall–Kier alpha value is -6.60. The van der Waals surface area contributed by atoms with Gasteiger partial charge < -0.3 is 33.5 Å². The van der Waals surface area contributed by atoms with Gasteiger partial charge in [-0.2, -0.15) is 0 Å². The second kappa shape index (κ2) is 30.1. The number of aryl methyl sites for hydroxylation is 3. The summed E-state index contributed by atoms with van der Waals surface area (Å²) in [6.45, 7) is 26.3. The summed E-state index contributed by atoms with van der Waals surface area (Å²) in [5, 5.41) is 9.47. The van der Waals surface area contributed by atoms with Crippen molar-refractivity contribution in [1.82, 2.24) is 0 Å². The van der Waals surface area contributed by atoms with E-state index >= 15 is 4.39 Å². The van der Waals surface area contributed by atoms with Gasteiger partial charge in [0.1, 0.15) is 43.4 Å². The van der Waals surface area contributed by atoms with Crippen LogP contribution in [-0.2, 0) is 66.9 Å². The van der Waals surface area contributed by atoms with E-state index in [2.05, 4.69) is 45.9 Å². The molecule has 75 heavy (non-hydrogen) atoms. The van der Waals surface area contributed by atoms with Crippen molar-refractivity contribution in [3.8, 4) is 28.0 Å². The smallest absolute Gasteiger partial charge is 0.335 e. The molecule has 0 amide bonds. The second-order valence-electron chi connectivity index (χ2n) is 20.2. The Morgan fingerprint density at radius 1 is 0.587 bits per heavy atom. The van der Waals surface area contributed by atoms with E-state index in [0.717, 1.165) is 46.6 Å². The van der Waals surface area contributed by atoms with E-state index in [1.54, 1.807) is 13.0 Å². The highest BCUT2D eigenvalue weighted by Crippen LogP contribution is 2.41. The van der Waals surface area contributed by atoms with Gasteiger partial charge in [-0.05, 0) is 154 Å². The molecular weight excluding hydrogens is 956 g/mol. The molecular formula is C62H79FO12. The first-order valence-corrected chi connectivity index (χ1v) is 26.2. The van der Waals surface area contributed by atoms with Crippen LogP contribution in [0, 0.1) is 17.2 Å². The van der Waals surface area contributed by atoms with Crippen LogP contribution in [0.3, 0.4) is 0 Å². The fraction of sp³-hybridized carbons (Fsp3) is 0.468. The molecule has 1 fully saturated rings. The molecule has 0 bridgehead atoms. The Bertz CT molecular complexity index is 2490. The Morgan fingerprint density at radius 2 is 1.08 bits per heavy atom. The van der Waals surface area contributed by atoms with E-state index in [9.17, 15) is 29.1 Å². The Kier molecular flexibility index (Phi) is 24.4. The lowest BCUT2D eigenvalue weighted by Gasteiger charge is -2.33. The molecule has 0 radical (unpaired) electrons. The maximum absolute atomic E-state index is 16.2. The predicted octanol–water partition coefficient (Wildman–Crippen LogP) is 12.4. The van der Waals surface area contributed by atoms with E-state index < -0.39 is 61.7 Å². The number of esters is 5. The van der Waals surface area contributed by atoms with E-state index in [-0.39, 0.29) is 59.9 Å². The molecule has 1 aliphatic rings. The standard InChI is InChI=1S/C62H79FO12/c1-12-14-15-18-45-21-23-47(24-22-45)48-25-28-54(55(63)34-48)49-26-27-53(46(13-2)31-49)52-32-50(19-16-29-70-57(65)40(3)4)56(51(33-52)20-17-30-71-61(69)44(11)35-64)72-36-62(37-73-58(66)41(5)6,38-74-59(67)42(7)8)39-75-60(68)43(9)10/h25-28,31-34,45,47,64H,3,5,7,9,11-24,29-30,35-39H2,1-2,4,6,8,10H3. The molecule has 0 aliphatic heterocycles. The number of halogens is 1. The molecule has 4 rings (SSSR count). The largest absolute Gasteiger partial charge is 0.492 e. The number of aliphatic hydroxyl groups excluding tert-OH is 1. The average Bonchev–Trinajstić information content (AvgIpc) is 3.39. The van der Waals surface area contributed by atoms with Crippen molar-refractivity contribution in [2.75, 3.05) is 46.2 Å².